The molecular weight excluding hydrogens is 328 g/mol. The molecule has 0 saturated heterocycles. The number of anilines is 1. The molecule has 0 unspecified atom stereocenters. The van der Waals surface area contributed by atoms with Crippen LogP contribution in [0.2, 0.25) is 0 Å². The Bertz CT molecular complexity index is 670. The lowest BCUT2D eigenvalue weighted by atomic mass is 9.99. The Morgan fingerprint density at radius 3 is 2.95 bits per heavy atom. The lowest BCUT2D eigenvalue weighted by Crippen LogP contribution is -2.16. The van der Waals surface area contributed by atoms with E-state index in [4.69, 9.17) is 9.72 Å². The molecule has 0 radical (unpaired) electrons. The van der Waals surface area contributed by atoms with Crippen LogP contribution in [0, 0.1) is 0 Å². The first-order valence-corrected chi connectivity index (χ1v) is 8.49. The van der Waals surface area contributed by atoms with E-state index in [0.717, 1.165) is 42.4 Å². The van der Waals surface area contributed by atoms with Crippen LogP contribution in [0.3, 0.4) is 0 Å². The third kappa shape index (κ3) is 2.79. The van der Waals surface area contributed by atoms with Gasteiger partial charge in [-0.3, -0.25) is 4.98 Å². The molecule has 0 spiro atoms. The van der Waals surface area contributed by atoms with Crippen LogP contribution in [0.4, 0.5) is 5.69 Å². The first-order valence-electron chi connectivity index (χ1n) is 7.70. The van der Waals surface area contributed by atoms with Gasteiger partial charge in [-0.05, 0) is 30.5 Å². The van der Waals surface area contributed by atoms with Gasteiger partial charge in [0.15, 0.2) is 0 Å². The van der Waals surface area contributed by atoms with Gasteiger partial charge >= 0.3 is 0 Å². The molecule has 3 nitrogen and oxygen atoms in total. The second kappa shape index (κ2) is 6.32. The average Bonchev–Trinajstić information content (AvgIpc) is 2.51. The molecule has 1 aliphatic heterocycles. The van der Waals surface area contributed by atoms with Gasteiger partial charge < -0.3 is 10.1 Å². The van der Waals surface area contributed by atoms with E-state index in [0.29, 0.717) is 6.61 Å². The fraction of sp³-hybridized carbons (Fsp3) is 0.471. The quantitative estimate of drug-likeness (QED) is 0.885. The molecule has 0 saturated carbocycles. The minimum atomic E-state index is 0.665. The highest BCUT2D eigenvalue weighted by Gasteiger charge is 2.19. The van der Waals surface area contributed by atoms with Crippen LogP contribution in [0.5, 0.6) is 0 Å². The van der Waals surface area contributed by atoms with Crippen molar-refractivity contribution in [2.75, 3.05) is 18.5 Å². The van der Waals surface area contributed by atoms with Crippen molar-refractivity contribution < 1.29 is 4.74 Å². The third-order valence-corrected chi connectivity index (χ3v) is 4.44. The maximum Gasteiger partial charge on any atom is 0.0758 e. The van der Waals surface area contributed by atoms with E-state index in [2.05, 4.69) is 47.2 Å². The number of hydrogen-bond donors (Lipinski definition) is 1. The van der Waals surface area contributed by atoms with E-state index < -0.39 is 0 Å². The fourth-order valence-corrected chi connectivity index (χ4v) is 3.42. The lowest BCUT2D eigenvalue weighted by molar-refractivity contribution is 0.110. The highest BCUT2D eigenvalue weighted by atomic mass is 79.9. The monoisotopic (exact) mass is 348 g/mol. The molecule has 1 aromatic carbocycles. The van der Waals surface area contributed by atoms with E-state index in [-0.39, 0.29) is 0 Å². The Morgan fingerprint density at radius 1 is 1.33 bits per heavy atom. The maximum atomic E-state index is 5.66. The van der Waals surface area contributed by atoms with Gasteiger partial charge in [0.25, 0.3) is 0 Å². The smallest absolute Gasteiger partial charge is 0.0758 e. The molecule has 0 fully saturated rings. The number of halogens is 1. The number of aryl methyl sites for hydroxylation is 1. The lowest BCUT2D eigenvalue weighted by Gasteiger charge is -2.23. The molecule has 2 aromatic rings. The molecule has 1 aromatic heterocycles. The highest BCUT2D eigenvalue weighted by molar-refractivity contribution is 9.10. The summed E-state index contributed by atoms with van der Waals surface area (Å²) in [6.45, 7) is 6.78. The van der Waals surface area contributed by atoms with Crippen LogP contribution >= 0.6 is 15.9 Å². The van der Waals surface area contributed by atoms with Gasteiger partial charge in [-0.2, -0.15) is 0 Å². The first kappa shape index (κ1) is 14.8. The standard InChI is InChI=1S/C17H21BrN2O/c1-3-6-19-17-13-9-12(18)8-11(4-2)16(13)20-15-5-7-21-10-14(15)17/h8-9H,3-7,10H2,1-2H3,(H,19,20). The summed E-state index contributed by atoms with van der Waals surface area (Å²) in [5.74, 6) is 0. The van der Waals surface area contributed by atoms with Crippen LogP contribution in [-0.4, -0.2) is 18.1 Å². The number of hydrogen-bond acceptors (Lipinski definition) is 3. The predicted molar refractivity (Wildman–Crippen MR) is 91.0 cm³/mol. The van der Waals surface area contributed by atoms with E-state index >= 15 is 0 Å². The summed E-state index contributed by atoms with van der Waals surface area (Å²) in [5, 5.41) is 4.81. The molecule has 1 aliphatic rings. The number of nitrogens with zero attached hydrogens (tertiary/aromatic N) is 1. The molecule has 0 amide bonds. The van der Waals surface area contributed by atoms with E-state index in [1.807, 2.05) is 0 Å². The molecule has 0 atom stereocenters. The van der Waals surface area contributed by atoms with Crippen LogP contribution in [-0.2, 0) is 24.2 Å². The van der Waals surface area contributed by atoms with E-state index in [9.17, 15) is 0 Å². The molecule has 0 aliphatic carbocycles. The molecule has 4 heteroatoms. The van der Waals surface area contributed by atoms with Crippen molar-refractivity contribution in [1.82, 2.24) is 4.98 Å². The molecule has 1 N–H and O–H groups in total. The normalized spacial score (nSPS) is 14.2. The summed E-state index contributed by atoms with van der Waals surface area (Å²) in [6.07, 6.45) is 3.00. The number of rotatable bonds is 4. The summed E-state index contributed by atoms with van der Waals surface area (Å²) in [4.78, 5) is 4.96. The van der Waals surface area contributed by atoms with Crippen LogP contribution in [0.15, 0.2) is 16.6 Å². The number of aromatic nitrogens is 1. The van der Waals surface area contributed by atoms with Gasteiger partial charge in [0, 0.05) is 28.4 Å². The van der Waals surface area contributed by atoms with E-state index in [1.165, 1.54) is 27.9 Å². The molecule has 112 valence electrons. The fourth-order valence-electron chi connectivity index (χ4n) is 2.91. The number of fused-ring (bicyclic) bond motifs is 2. The molecule has 2 heterocycles. The first-order chi connectivity index (χ1) is 10.2. The molecule has 21 heavy (non-hydrogen) atoms. The molecular formula is C17H21BrN2O. The second-order valence-electron chi connectivity index (χ2n) is 5.46. The summed E-state index contributed by atoms with van der Waals surface area (Å²) in [6, 6.07) is 4.36. The molecule has 0 bridgehead atoms. The number of nitrogens with one attached hydrogen (secondary N) is 1. The van der Waals surface area contributed by atoms with Gasteiger partial charge in [0.05, 0.1) is 30.1 Å². The highest BCUT2D eigenvalue weighted by Crippen LogP contribution is 2.35. The Balaban J connectivity index is 2.28. The van der Waals surface area contributed by atoms with Gasteiger partial charge in [-0.15, -0.1) is 0 Å². The van der Waals surface area contributed by atoms with Crippen molar-refractivity contribution in [1.29, 1.82) is 0 Å². The summed E-state index contributed by atoms with van der Waals surface area (Å²) >= 11 is 3.64. The Morgan fingerprint density at radius 2 is 2.19 bits per heavy atom. The largest absolute Gasteiger partial charge is 0.384 e. The Labute approximate surface area is 134 Å². The van der Waals surface area contributed by atoms with Crippen LogP contribution in [0.25, 0.3) is 10.9 Å². The zero-order valence-corrected chi connectivity index (χ0v) is 14.2. The van der Waals surface area contributed by atoms with Gasteiger partial charge in [-0.1, -0.05) is 29.8 Å². The van der Waals surface area contributed by atoms with Gasteiger partial charge in [0.1, 0.15) is 0 Å². The second-order valence-corrected chi connectivity index (χ2v) is 6.37. The van der Waals surface area contributed by atoms with Crippen molar-refractivity contribution in [2.24, 2.45) is 0 Å². The topological polar surface area (TPSA) is 34.2 Å². The number of ether oxygens (including phenoxy) is 1. The van der Waals surface area contributed by atoms with Gasteiger partial charge in [-0.25, -0.2) is 0 Å². The third-order valence-electron chi connectivity index (χ3n) is 3.98. The summed E-state index contributed by atoms with van der Waals surface area (Å²) in [5.41, 5.74) is 6.09. The van der Waals surface area contributed by atoms with E-state index in [1.54, 1.807) is 0 Å². The summed E-state index contributed by atoms with van der Waals surface area (Å²) < 4.78 is 6.78. The summed E-state index contributed by atoms with van der Waals surface area (Å²) in [7, 11) is 0. The minimum absolute atomic E-state index is 0.665. The van der Waals surface area contributed by atoms with Crippen molar-refractivity contribution in [3.8, 4) is 0 Å². The maximum absolute atomic E-state index is 5.66. The zero-order valence-electron chi connectivity index (χ0n) is 12.6. The Kier molecular flexibility index (Phi) is 4.45. The number of benzene rings is 1. The van der Waals surface area contributed by atoms with Crippen LogP contribution in [0.1, 0.15) is 37.1 Å². The van der Waals surface area contributed by atoms with Crippen molar-refractivity contribution in [2.45, 2.75) is 39.7 Å². The number of pyridine rings is 1. The minimum Gasteiger partial charge on any atom is -0.384 e. The van der Waals surface area contributed by atoms with Crippen molar-refractivity contribution in [3.05, 3.63) is 33.4 Å². The van der Waals surface area contributed by atoms with Crippen molar-refractivity contribution >= 4 is 32.5 Å². The SMILES string of the molecule is CCCNc1c2c(nc3c(CC)cc(Br)cc13)CCOC2. The van der Waals surface area contributed by atoms with Crippen LogP contribution < -0.4 is 5.32 Å². The predicted octanol–water partition coefficient (Wildman–Crippen LogP) is 4.45. The zero-order chi connectivity index (χ0) is 14.8. The van der Waals surface area contributed by atoms with Crippen molar-refractivity contribution in [3.63, 3.8) is 0 Å². The van der Waals surface area contributed by atoms with Gasteiger partial charge in [0.2, 0.25) is 0 Å². The Hall–Kier alpha value is -1.13. The average molecular weight is 349 g/mol. The molecule has 3 rings (SSSR count).